The summed E-state index contributed by atoms with van der Waals surface area (Å²) in [6, 6.07) is 6.06. The van der Waals surface area contributed by atoms with Crippen molar-refractivity contribution in [1.82, 2.24) is 15.2 Å². The highest BCUT2D eigenvalue weighted by atomic mass is 35.5. The molecule has 1 fully saturated rings. The minimum absolute atomic E-state index is 0.0329. The third kappa shape index (κ3) is 5.53. The molecule has 1 aromatic carbocycles. The molecular formula is C25H31ClN4O3. The Morgan fingerprint density at radius 1 is 1.30 bits per heavy atom. The molecule has 0 spiro atoms. The van der Waals surface area contributed by atoms with Crippen LogP contribution in [0.4, 0.5) is 10.5 Å². The Hall–Kier alpha value is -2.93. The molecule has 2 heterocycles. The van der Waals surface area contributed by atoms with Crippen molar-refractivity contribution in [1.29, 1.82) is 0 Å². The molecule has 2 aromatic rings. The number of oxazole rings is 1. The molecule has 4 rings (SSSR count). The number of carbonyl (C=O) groups excluding carboxylic acids is 1. The summed E-state index contributed by atoms with van der Waals surface area (Å²) in [7, 11) is 1.66. The number of ether oxygens (including phenoxy) is 1. The lowest BCUT2D eigenvalue weighted by Gasteiger charge is -2.25. The number of carbonyl (C=O) groups is 1. The van der Waals surface area contributed by atoms with Crippen LogP contribution in [0, 0.1) is 12.8 Å². The normalized spacial score (nSPS) is 19.0. The first kappa shape index (κ1) is 23.2. The van der Waals surface area contributed by atoms with Crippen molar-refractivity contribution in [2.75, 3.05) is 44.7 Å². The number of aryl methyl sites for hydroxylation is 1. The number of amides is 2. The third-order valence-electron chi connectivity index (χ3n) is 6.19. The molecule has 176 valence electrons. The van der Waals surface area contributed by atoms with Gasteiger partial charge in [-0.1, -0.05) is 24.6 Å². The van der Waals surface area contributed by atoms with Crippen LogP contribution in [0.25, 0.3) is 11.3 Å². The van der Waals surface area contributed by atoms with E-state index in [0.29, 0.717) is 30.7 Å². The van der Waals surface area contributed by atoms with Gasteiger partial charge >= 0.3 is 6.03 Å². The standard InChI is InChI=1S/C25H31ClN4O3/c1-17-5-6-19(13-22(17)26)15-28-25(31)30-10-4-9-29(11-12-30)20-7-8-21(23(14-20)32-3)24-16-27-18(2)33-24/h6-8,13-14,16-17H,4-5,9-12,15H2,1-3H3,(H,28,31). The monoisotopic (exact) mass is 470 g/mol. The smallest absolute Gasteiger partial charge is 0.317 e. The van der Waals surface area contributed by atoms with E-state index in [9.17, 15) is 4.79 Å². The first-order valence-electron chi connectivity index (χ1n) is 11.4. The van der Waals surface area contributed by atoms with Crippen molar-refractivity contribution in [2.24, 2.45) is 5.92 Å². The molecule has 2 aliphatic rings. The molecule has 2 amide bonds. The van der Waals surface area contributed by atoms with Crippen LogP contribution in [0.15, 0.2) is 51.6 Å². The molecule has 8 heteroatoms. The zero-order valence-corrected chi connectivity index (χ0v) is 20.2. The van der Waals surface area contributed by atoms with Gasteiger partial charge in [-0.15, -0.1) is 0 Å². The van der Waals surface area contributed by atoms with Crippen LogP contribution in [0.2, 0.25) is 0 Å². The van der Waals surface area contributed by atoms with E-state index in [4.69, 9.17) is 20.8 Å². The number of hydrogen-bond acceptors (Lipinski definition) is 5. The van der Waals surface area contributed by atoms with E-state index in [0.717, 1.165) is 60.1 Å². The van der Waals surface area contributed by atoms with Gasteiger partial charge in [-0.2, -0.15) is 0 Å². The summed E-state index contributed by atoms with van der Waals surface area (Å²) in [6.07, 6.45) is 7.64. The lowest BCUT2D eigenvalue weighted by atomic mass is 9.98. The molecule has 1 aliphatic heterocycles. The van der Waals surface area contributed by atoms with Gasteiger partial charge in [0.1, 0.15) is 5.75 Å². The molecular weight excluding hydrogens is 440 g/mol. The molecule has 1 aliphatic carbocycles. The Morgan fingerprint density at radius 3 is 2.88 bits per heavy atom. The van der Waals surface area contributed by atoms with Crippen LogP contribution in [0.3, 0.4) is 0 Å². The highest BCUT2D eigenvalue weighted by molar-refractivity contribution is 6.30. The second-order valence-corrected chi connectivity index (χ2v) is 9.00. The summed E-state index contributed by atoms with van der Waals surface area (Å²) in [6.45, 7) is 7.43. The Bertz CT molecular complexity index is 1060. The molecule has 0 radical (unpaired) electrons. The number of nitrogens with one attached hydrogen (secondary N) is 1. The Labute approximate surface area is 200 Å². The van der Waals surface area contributed by atoms with Gasteiger partial charge in [0, 0.05) is 56.4 Å². The van der Waals surface area contributed by atoms with Crippen LogP contribution in [-0.2, 0) is 0 Å². The lowest BCUT2D eigenvalue weighted by molar-refractivity contribution is 0.202. The predicted octanol–water partition coefficient (Wildman–Crippen LogP) is 4.97. The van der Waals surface area contributed by atoms with E-state index in [2.05, 4.69) is 34.3 Å². The van der Waals surface area contributed by atoms with Crippen molar-refractivity contribution >= 4 is 23.3 Å². The fourth-order valence-corrected chi connectivity index (χ4v) is 4.41. The average molecular weight is 471 g/mol. The molecule has 1 aromatic heterocycles. The topological polar surface area (TPSA) is 70.8 Å². The van der Waals surface area contributed by atoms with E-state index in [1.165, 1.54) is 0 Å². The maximum absolute atomic E-state index is 12.8. The van der Waals surface area contributed by atoms with Gasteiger partial charge in [0.25, 0.3) is 0 Å². The zero-order chi connectivity index (χ0) is 23.4. The number of allylic oxidation sites excluding steroid dienone is 2. The number of nitrogens with zero attached hydrogens (tertiary/aromatic N) is 3. The van der Waals surface area contributed by atoms with Crippen molar-refractivity contribution in [2.45, 2.75) is 26.7 Å². The molecule has 7 nitrogen and oxygen atoms in total. The second kappa shape index (κ2) is 10.3. The molecule has 0 saturated carbocycles. The Morgan fingerprint density at radius 2 is 2.15 bits per heavy atom. The van der Waals surface area contributed by atoms with Crippen molar-refractivity contribution in [3.05, 3.63) is 53.0 Å². The summed E-state index contributed by atoms with van der Waals surface area (Å²) in [4.78, 5) is 21.1. The number of aromatic nitrogens is 1. The quantitative estimate of drug-likeness (QED) is 0.668. The van der Waals surface area contributed by atoms with Crippen molar-refractivity contribution in [3.8, 4) is 17.1 Å². The van der Waals surface area contributed by atoms with Gasteiger partial charge in [-0.3, -0.25) is 0 Å². The minimum atomic E-state index is -0.0329. The summed E-state index contributed by atoms with van der Waals surface area (Å²) in [5.74, 6) is 2.41. The molecule has 0 bridgehead atoms. The van der Waals surface area contributed by atoms with Gasteiger partial charge in [-0.05, 0) is 42.5 Å². The van der Waals surface area contributed by atoms with Crippen LogP contribution in [-0.4, -0.2) is 55.7 Å². The highest BCUT2D eigenvalue weighted by Crippen LogP contribution is 2.34. The van der Waals surface area contributed by atoms with E-state index in [1.807, 2.05) is 30.0 Å². The molecule has 33 heavy (non-hydrogen) atoms. The van der Waals surface area contributed by atoms with Gasteiger partial charge in [0.15, 0.2) is 11.7 Å². The number of anilines is 1. The summed E-state index contributed by atoms with van der Waals surface area (Å²) in [5, 5.41) is 3.90. The van der Waals surface area contributed by atoms with E-state index in [-0.39, 0.29) is 6.03 Å². The van der Waals surface area contributed by atoms with E-state index in [1.54, 1.807) is 13.3 Å². The van der Waals surface area contributed by atoms with Crippen LogP contribution < -0.4 is 15.0 Å². The molecule has 1 saturated heterocycles. The van der Waals surface area contributed by atoms with Crippen LogP contribution >= 0.6 is 11.6 Å². The van der Waals surface area contributed by atoms with E-state index >= 15 is 0 Å². The summed E-state index contributed by atoms with van der Waals surface area (Å²) >= 11 is 6.26. The number of methoxy groups -OCH3 is 1. The Balaban J connectivity index is 1.36. The van der Waals surface area contributed by atoms with Gasteiger partial charge in [0.2, 0.25) is 0 Å². The van der Waals surface area contributed by atoms with Crippen LogP contribution in [0.5, 0.6) is 5.75 Å². The average Bonchev–Trinajstić information content (AvgIpc) is 3.10. The molecule has 1 N–H and O–H groups in total. The maximum atomic E-state index is 12.8. The van der Waals surface area contributed by atoms with Crippen LogP contribution in [0.1, 0.15) is 25.7 Å². The van der Waals surface area contributed by atoms with Gasteiger partial charge in [-0.25, -0.2) is 9.78 Å². The molecule has 1 atom stereocenters. The van der Waals surface area contributed by atoms with E-state index < -0.39 is 0 Å². The second-order valence-electron chi connectivity index (χ2n) is 8.56. The zero-order valence-electron chi connectivity index (χ0n) is 19.4. The predicted molar refractivity (Wildman–Crippen MR) is 131 cm³/mol. The lowest BCUT2D eigenvalue weighted by Crippen LogP contribution is -2.42. The largest absolute Gasteiger partial charge is 0.496 e. The summed E-state index contributed by atoms with van der Waals surface area (Å²) in [5.41, 5.74) is 3.01. The number of halogens is 1. The number of urea groups is 1. The van der Waals surface area contributed by atoms with Crippen molar-refractivity contribution in [3.63, 3.8) is 0 Å². The first-order chi connectivity index (χ1) is 15.9. The molecule has 1 unspecified atom stereocenters. The van der Waals surface area contributed by atoms with Gasteiger partial charge < -0.3 is 24.3 Å². The summed E-state index contributed by atoms with van der Waals surface area (Å²) < 4.78 is 11.3. The number of benzene rings is 1. The number of rotatable bonds is 5. The van der Waals surface area contributed by atoms with Crippen molar-refractivity contribution < 1.29 is 13.9 Å². The SMILES string of the molecule is COc1cc(N2CCCN(C(=O)NCC3=CCC(C)C(Cl)=C3)CC2)ccc1-c1cnc(C)o1. The minimum Gasteiger partial charge on any atom is -0.496 e. The third-order valence-corrected chi connectivity index (χ3v) is 6.67. The van der Waals surface area contributed by atoms with Gasteiger partial charge in [0.05, 0.1) is 18.9 Å². The first-order valence-corrected chi connectivity index (χ1v) is 11.8. The fraction of sp³-hybridized carbons (Fsp3) is 0.440. The highest BCUT2D eigenvalue weighted by Gasteiger charge is 2.21. The Kier molecular flexibility index (Phi) is 7.28. The maximum Gasteiger partial charge on any atom is 0.317 e. The number of hydrogen-bond donors (Lipinski definition) is 1. The fourth-order valence-electron chi connectivity index (χ4n) is 4.18.